The predicted octanol–water partition coefficient (Wildman–Crippen LogP) is 6.57. The van der Waals surface area contributed by atoms with Crippen LogP contribution in [0.25, 0.3) is 0 Å². The summed E-state index contributed by atoms with van der Waals surface area (Å²) < 4.78 is 5.19. The molecule has 4 rings (SSSR count). The second-order valence-electron chi connectivity index (χ2n) is 7.82. The number of aromatic nitrogens is 1. The van der Waals surface area contributed by atoms with Gasteiger partial charge >= 0.3 is 5.97 Å². The zero-order valence-electron chi connectivity index (χ0n) is 19.9. The monoisotopic (exact) mass is 563 g/mol. The van der Waals surface area contributed by atoms with Crippen molar-refractivity contribution < 1.29 is 14.4 Å². The first-order valence-electron chi connectivity index (χ1n) is 11.5. The molecule has 0 aliphatic heterocycles. The van der Waals surface area contributed by atoms with Gasteiger partial charge in [0, 0.05) is 5.38 Å². The minimum Gasteiger partial charge on any atom is -0.461 e. The summed E-state index contributed by atoms with van der Waals surface area (Å²) in [6.07, 6.45) is 0. The Kier molecular flexibility index (Phi) is 8.51. The highest BCUT2D eigenvalue weighted by molar-refractivity contribution is 9.09. The molecule has 0 amide bonds. The number of benzene rings is 3. The Bertz CT molecular complexity index is 1200. The zero-order chi connectivity index (χ0) is 25.4. The molecule has 0 radical (unpaired) electrons. The van der Waals surface area contributed by atoms with Crippen molar-refractivity contribution in [3.05, 3.63) is 119 Å². The van der Waals surface area contributed by atoms with Crippen molar-refractivity contribution in [1.29, 1.82) is 0 Å². The topological polar surface area (TPSA) is 72.8 Å². The second kappa shape index (κ2) is 12.0. The Morgan fingerprint density at radius 2 is 1.47 bits per heavy atom. The van der Waals surface area contributed by atoms with Crippen LogP contribution in [0.5, 0.6) is 0 Å². The summed E-state index contributed by atoms with van der Waals surface area (Å²) in [7, 11) is 0. The molecule has 1 unspecified atom stereocenters. The molecule has 6 nitrogen and oxygen atoms in total. The third-order valence-corrected chi connectivity index (χ3v) is 6.34. The number of hydrogen-bond donors (Lipinski definition) is 1. The minimum atomic E-state index is -0.735. The molecule has 8 heteroatoms. The maximum absolute atomic E-state index is 12.6. The van der Waals surface area contributed by atoms with Crippen molar-refractivity contribution in [2.24, 2.45) is 5.16 Å². The number of rotatable bonds is 10. The van der Waals surface area contributed by atoms with Crippen molar-refractivity contribution in [3.63, 3.8) is 0 Å². The number of nitrogens with one attached hydrogen (secondary N) is 1. The van der Waals surface area contributed by atoms with E-state index in [0.29, 0.717) is 10.8 Å². The second-order valence-corrected chi connectivity index (χ2v) is 9.97. The maximum atomic E-state index is 12.6. The summed E-state index contributed by atoms with van der Waals surface area (Å²) >= 11 is 4.65. The van der Waals surface area contributed by atoms with E-state index < -0.39 is 11.5 Å². The van der Waals surface area contributed by atoms with E-state index in [9.17, 15) is 4.79 Å². The van der Waals surface area contributed by atoms with Gasteiger partial charge in [0.15, 0.2) is 10.1 Å². The number of anilines is 1. The molecule has 0 aliphatic carbocycles. The number of hydrogen-bond acceptors (Lipinski definition) is 7. The van der Waals surface area contributed by atoms with Crippen LogP contribution >= 0.6 is 27.3 Å². The molecule has 0 bridgehead atoms. The van der Waals surface area contributed by atoms with E-state index in [1.807, 2.05) is 54.6 Å². The molecule has 184 valence electrons. The van der Waals surface area contributed by atoms with Crippen LogP contribution in [0.3, 0.4) is 0 Å². The fourth-order valence-electron chi connectivity index (χ4n) is 3.89. The standard InChI is InChI=1S/C28H26BrN3O3S/c1-3-34-26(33)25(32-35-20(2)29)24-19-36-27(30-24)31-28(21-13-7-4-8-14-21,22-15-9-5-10-16-22)23-17-11-6-12-18-23/h4-20H,3H2,1-2H3,(H,30,31)/b32-25-. The lowest BCUT2D eigenvalue weighted by molar-refractivity contribution is -0.135. The van der Waals surface area contributed by atoms with Crippen LogP contribution in [0.1, 0.15) is 36.2 Å². The van der Waals surface area contributed by atoms with Crippen LogP contribution in [0.15, 0.2) is 102 Å². The lowest BCUT2D eigenvalue weighted by atomic mass is 9.77. The zero-order valence-corrected chi connectivity index (χ0v) is 22.3. The van der Waals surface area contributed by atoms with E-state index in [4.69, 9.17) is 14.6 Å². The number of carbonyl (C=O) groups excluding carboxylic acids is 1. The molecule has 1 heterocycles. The van der Waals surface area contributed by atoms with Gasteiger partial charge in [-0.15, -0.1) is 11.3 Å². The van der Waals surface area contributed by atoms with Crippen molar-refractivity contribution in [2.75, 3.05) is 11.9 Å². The minimum absolute atomic E-state index is 0.0113. The molecule has 1 aromatic heterocycles. The van der Waals surface area contributed by atoms with Crippen LogP contribution in [-0.2, 0) is 19.9 Å². The number of nitrogens with zero attached hydrogens (tertiary/aromatic N) is 2. The normalized spacial score (nSPS) is 12.6. The highest BCUT2D eigenvalue weighted by Crippen LogP contribution is 2.40. The molecule has 3 aromatic carbocycles. The Labute approximate surface area is 223 Å². The van der Waals surface area contributed by atoms with Crippen molar-refractivity contribution in [3.8, 4) is 0 Å². The maximum Gasteiger partial charge on any atom is 0.362 e. The number of oxime groups is 1. The Morgan fingerprint density at radius 3 is 1.92 bits per heavy atom. The van der Waals surface area contributed by atoms with Gasteiger partial charge in [0.2, 0.25) is 5.71 Å². The first-order chi connectivity index (χ1) is 17.5. The number of alkyl halides is 1. The SMILES string of the molecule is CCOC(=O)/C(=N\OC(C)Br)c1csc(NC(c2ccccc2)(c2ccccc2)c2ccccc2)n1. The molecule has 0 aliphatic rings. The first kappa shape index (κ1) is 25.6. The molecule has 0 spiro atoms. The number of carbonyl (C=O) groups is 1. The summed E-state index contributed by atoms with van der Waals surface area (Å²) in [5.74, 6) is -0.594. The fourth-order valence-corrected chi connectivity index (χ4v) is 4.73. The molecule has 1 N–H and O–H groups in total. The van der Waals surface area contributed by atoms with Gasteiger partial charge in [0.25, 0.3) is 0 Å². The van der Waals surface area contributed by atoms with Crippen LogP contribution in [0.2, 0.25) is 0 Å². The smallest absolute Gasteiger partial charge is 0.362 e. The van der Waals surface area contributed by atoms with Gasteiger partial charge in [-0.05, 0) is 46.5 Å². The third-order valence-electron chi connectivity index (χ3n) is 5.42. The number of halogens is 1. The summed E-state index contributed by atoms with van der Waals surface area (Å²) in [6.45, 7) is 3.72. The molecule has 0 fully saturated rings. The first-order valence-corrected chi connectivity index (χ1v) is 13.3. The fraction of sp³-hybridized carbons (Fsp3) is 0.179. The van der Waals surface area contributed by atoms with Gasteiger partial charge in [0.1, 0.15) is 11.2 Å². The van der Waals surface area contributed by atoms with Crippen molar-refractivity contribution in [2.45, 2.75) is 24.4 Å². The number of thiazole rings is 1. The van der Waals surface area contributed by atoms with Gasteiger partial charge in [-0.3, -0.25) is 0 Å². The van der Waals surface area contributed by atoms with E-state index in [1.165, 1.54) is 11.3 Å². The summed E-state index contributed by atoms with van der Waals surface area (Å²) in [6, 6.07) is 30.7. The van der Waals surface area contributed by atoms with Crippen molar-refractivity contribution >= 4 is 44.1 Å². The summed E-state index contributed by atoms with van der Waals surface area (Å²) in [4.78, 5) is 22.6. The largest absolute Gasteiger partial charge is 0.461 e. The molecule has 4 aromatic rings. The number of esters is 1. The van der Waals surface area contributed by atoms with E-state index in [2.05, 4.69) is 62.8 Å². The summed E-state index contributed by atoms with van der Waals surface area (Å²) in [5, 5.41) is 9.72. The average molecular weight is 565 g/mol. The quantitative estimate of drug-likeness (QED) is 0.0776. The van der Waals surface area contributed by atoms with Gasteiger partial charge < -0.3 is 14.9 Å². The highest BCUT2D eigenvalue weighted by Gasteiger charge is 2.37. The van der Waals surface area contributed by atoms with E-state index >= 15 is 0 Å². The molecule has 1 atom stereocenters. The highest BCUT2D eigenvalue weighted by atomic mass is 79.9. The Balaban J connectivity index is 1.83. The summed E-state index contributed by atoms with van der Waals surface area (Å²) in [5.41, 5.74) is 2.80. The molecular weight excluding hydrogens is 538 g/mol. The average Bonchev–Trinajstić information content (AvgIpc) is 3.37. The van der Waals surface area contributed by atoms with Crippen LogP contribution in [0, 0.1) is 0 Å². The van der Waals surface area contributed by atoms with E-state index in [0.717, 1.165) is 16.7 Å². The Morgan fingerprint density at radius 1 is 0.972 bits per heavy atom. The van der Waals surface area contributed by atoms with Gasteiger partial charge in [-0.25, -0.2) is 9.78 Å². The molecular formula is C28H26BrN3O3S. The predicted molar refractivity (Wildman–Crippen MR) is 148 cm³/mol. The van der Waals surface area contributed by atoms with E-state index in [1.54, 1.807) is 19.2 Å². The lowest BCUT2D eigenvalue weighted by Crippen LogP contribution is -2.38. The third kappa shape index (κ3) is 5.66. The Hall–Kier alpha value is -3.49. The van der Waals surface area contributed by atoms with Crippen molar-refractivity contribution in [1.82, 2.24) is 4.98 Å². The van der Waals surface area contributed by atoms with Gasteiger partial charge in [-0.1, -0.05) is 96.2 Å². The van der Waals surface area contributed by atoms with Crippen LogP contribution < -0.4 is 5.32 Å². The molecule has 0 saturated heterocycles. The molecule has 36 heavy (non-hydrogen) atoms. The lowest BCUT2D eigenvalue weighted by Gasteiger charge is -2.36. The van der Waals surface area contributed by atoms with Crippen LogP contribution in [-0.4, -0.2) is 28.3 Å². The van der Waals surface area contributed by atoms with E-state index in [-0.39, 0.29) is 17.3 Å². The van der Waals surface area contributed by atoms with Crippen LogP contribution in [0.4, 0.5) is 5.13 Å². The van der Waals surface area contributed by atoms with Gasteiger partial charge in [-0.2, -0.15) is 0 Å². The van der Waals surface area contributed by atoms with Gasteiger partial charge in [0.05, 0.1) is 6.61 Å². The molecule has 0 saturated carbocycles. The number of ether oxygens (including phenoxy) is 1.